The largest absolute Gasteiger partial charge is 0.494 e. The second kappa shape index (κ2) is 10.0. The van der Waals surface area contributed by atoms with Crippen molar-refractivity contribution in [2.75, 3.05) is 23.4 Å². The number of carbonyl (C=O) groups is 2. The van der Waals surface area contributed by atoms with Crippen LogP contribution < -0.4 is 15.0 Å². The Morgan fingerprint density at radius 2 is 1.45 bits per heavy atom. The maximum absolute atomic E-state index is 13.3. The molecule has 0 atom stereocenters. The molecule has 0 bridgehead atoms. The summed E-state index contributed by atoms with van der Waals surface area (Å²) in [5.41, 5.74) is 2.60. The van der Waals surface area contributed by atoms with Gasteiger partial charge in [0.1, 0.15) is 5.75 Å². The lowest BCUT2D eigenvalue weighted by atomic mass is 10.1. The van der Waals surface area contributed by atoms with Crippen molar-refractivity contribution < 1.29 is 14.3 Å². The molecule has 1 N–H and O–H groups in total. The van der Waals surface area contributed by atoms with Gasteiger partial charge in [0.25, 0.3) is 11.8 Å². The van der Waals surface area contributed by atoms with Crippen LogP contribution in [-0.4, -0.2) is 25.0 Å². The van der Waals surface area contributed by atoms with Gasteiger partial charge in [-0.25, -0.2) is 0 Å². The fourth-order valence-electron chi connectivity index (χ4n) is 3.79. The van der Waals surface area contributed by atoms with Crippen LogP contribution in [0, 0.1) is 0 Å². The van der Waals surface area contributed by atoms with Gasteiger partial charge in [-0.3, -0.25) is 9.59 Å². The predicted octanol–water partition coefficient (Wildman–Crippen LogP) is 6.16. The van der Waals surface area contributed by atoms with Crippen molar-refractivity contribution in [1.82, 2.24) is 0 Å². The number of amides is 2. The van der Waals surface area contributed by atoms with Gasteiger partial charge >= 0.3 is 0 Å². The third-order valence-electron chi connectivity index (χ3n) is 5.44. The Kier molecular flexibility index (Phi) is 6.69. The van der Waals surface area contributed by atoms with Crippen LogP contribution in [0.2, 0.25) is 0 Å². The van der Waals surface area contributed by atoms with Crippen LogP contribution in [-0.2, 0) is 0 Å². The predicted molar refractivity (Wildman–Crippen MR) is 133 cm³/mol. The molecule has 0 heterocycles. The Labute approximate surface area is 193 Å². The lowest BCUT2D eigenvalue weighted by Gasteiger charge is -2.23. The van der Waals surface area contributed by atoms with E-state index in [0.717, 1.165) is 22.2 Å². The molecular weight excluding hydrogens is 412 g/mol. The third-order valence-corrected chi connectivity index (χ3v) is 5.44. The fourth-order valence-corrected chi connectivity index (χ4v) is 3.79. The Balaban J connectivity index is 1.49. The minimum Gasteiger partial charge on any atom is -0.494 e. The average Bonchev–Trinajstić information content (AvgIpc) is 2.85. The van der Waals surface area contributed by atoms with Crippen LogP contribution in [0.4, 0.5) is 11.4 Å². The number of hydrogen-bond acceptors (Lipinski definition) is 3. The number of hydrogen-bond donors (Lipinski definition) is 1. The zero-order valence-corrected chi connectivity index (χ0v) is 18.7. The zero-order chi connectivity index (χ0) is 23.2. The van der Waals surface area contributed by atoms with E-state index in [2.05, 4.69) is 5.32 Å². The highest BCUT2D eigenvalue weighted by atomic mass is 16.5. The molecule has 0 unspecified atom stereocenters. The number of nitrogens with one attached hydrogen (secondary N) is 1. The highest BCUT2D eigenvalue weighted by Crippen LogP contribution is 2.28. The average molecular weight is 439 g/mol. The molecule has 4 aromatic rings. The molecule has 0 fully saturated rings. The lowest BCUT2D eigenvalue weighted by molar-refractivity contribution is 0.0987. The number of fused-ring (bicyclic) bond motifs is 1. The Morgan fingerprint density at radius 3 is 2.15 bits per heavy atom. The van der Waals surface area contributed by atoms with Gasteiger partial charge in [0.15, 0.2) is 0 Å². The van der Waals surface area contributed by atoms with E-state index >= 15 is 0 Å². The Morgan fingerprint density at radius 1 is 0.788 bits per heavy atom. The second-order valence-electron chi connectivity index (χ2n) is 7.54. The maximum atomic E-state index is 13.3. The summed E-state index contributed by atoms with van der Waals surface area (Å²) in [6.07, 6.45) is 0. The van der Waals surface area contributed by atoms with E-state index in [1.54, 1.807) is 53.4 Å². The Bertz CT molecular complexity index is 1260. The molecule has 0 radical (unpaired) electrons. The van der Waals surface area contributed by atoms with E-state index in [1.807, 2.05) is 56.3 Å². The fraction of sp³-hybridized carbons (Fsp3) is 0.143. The summed E-state index contributed by atoms with van der Waals surface area (Å²) in [6, 6.07) is 28.0. The molecule has 5 heteroatoms. The lowest BCUT2D eigenvalue weighted by Crippen LogP contribution is -2.30. The van der Waals surface area contributed by atoms with E-state index < -0.39 is 0 Å². The van der Waals surface area contributed by atoms with Gasteiger partial charge in [0.05, 0.1) is 12.3 Å². The van der Waals surface area contributed by atoms with Crippen LogP contribution in [0.5, 0.6) is 5.75 Å². The van der Waals surface area contributed by atoms with E-state index in [1.165, 1.54) is 0 Å². The van der Waals surface area contributed by atoms with Crippen molar-refractivity contribution >= 4 is 34.0 Å². The molecule has 0 aliphatic rings. The summed E-state index contributed by atoms with van der Waals surface area (Å²) < 4.78 is 5.41. The Hall–Kier alpha value is -4.12. The van der Waals surface area contributed by atoms with Crippen LogP contribution in [0.15, 0.2) is 91.0 Å². The van der Waals surface area contributed by atoms with Crippen molar-refractivity contribution in [3.8, 4) is 5.75 Å². The molecule has 33 heavy (non-hydrogen) atoms. The molecule has 0 aliphatic heterocycles. The quantitative estimate of drug-likeness (QED) is 0.376. The standard InChI is InChI=1S/C28H26N2O3/c1-3-30(26-11-7-9-20-8-5-6-10-25(20)26)28(32)22-12-16-23(17-13-22)29-27(31)21-14-18-24(19-15-21)33-4-2/h5-19H,3-4H2,1-2H3,(H,29,31). The number of carbonyl (C=O) groups excluding carboxylic acids is 2. The molecule has 0 saturated heterocycles. The van der Waals surface area contributed by atoms with Gasteiger partial charge in [-0.05, 0) is 73.8 Å². The first-order valence-corrected chi connectivity index (χ1v) is 11.0. The van der Waals surface area contributed by atoms with Crippen LogP contribution in [0.25, 0.3) is 10.8 Å². The smallest absolute Gasteiger partial charge is 0.258 e. The maximum Gasteiger partial charge on any atom is 0.258 e. The molecule has 166 valence electrons. The van der Waals surface area contributed by atoms with Crippen molar-refractivity contribution in [2.24, 2.45) is 0 Å². The first-order valence-electron chi connectivity index (χ1n) is 11.0. The number of anilines is 2. The number of ether oxygens (including phenoxy) is 1. The minimum absolute atomic E-state index is 0.0850. The molecular formula is C28H26N2O3. The second-order valence-corrected chi connectivity index (χ2v) is 7.54. The van der Waals surface area contributed by atoms with E-state index in [0.29, 0.717) is 30.0 Å². The van der Waals surface area contributed by atoms with Gasteiger partial charge in [-0.15, -0.1) is 0 Å². The van der Waals surface area contributed by atoms with Crippen LogP contribution in [0.3, 0.4) is 0 Å². The van der Waals surface area contributed by atoms with Crippen molar-refractivity contribution in [3.05, 3.63) is 102 Å². The van der Waals surface area contributed by atoms with E-state index in [9.17, 15) is 9.59 Å². The first kappa shape index (κ1) is 22.1. The molecule has 0 saturated carbocycles. The van der Waals surface area contributed by atoms with Gasteiger partial charge in [0, 0.05) is 28.7 Å². The summed E-state index contributed by atoms with van der Waals surface area (Å²) in [7, 11) is 0. The van der Waals surface area contributed by atoms with Crippen LogP contribution in [0.1, 0.15) is 34.6 Å². The summed E-state index contributed by atoms with van der Waals surface area (Å²) in [5, 5.41) is 5.00. The summed E-state index contributed by atoms with van der Waals surface area (Å²) in [5.74, 6) is 0.421. The SMILES string of the molecule is CCOc1ccc(C(=O)Nc2ccc(C(=O)N(CC)c3cccc4ccccc34)cc2)cc1. The zero-order valence-electron chi connectivity index (χ0n) is 18.7. The topological polar surface area (TPSA) is 58.6 Å². The van der Waals surface area contributed by atoms with Crippen molar-refractivity contribution in [1.29, 1.82) is 0 Å². The number of nitrogens with zero attached hydrogens (tertiary/aromatic N) is 1. The van der Waals surface area contributed by atoms with Gasteiger partial charge in [-0.2, -0.15) is 0 Å². The number of benzene rings is 4. The summed E-state index contributed by atoms with van der Waals surface area (Å²) in [6.45, 7) is 5.00. The molecule has 5 nitrogen and oxygen atoms in total. The molecule has 0 spiro atoms. The van der Waals surface area contributed by atoms with Gasteiger partial charge in [0.2, 0.25) is 0 Å². The molecule has 0 aromatic heterocycles. The summed E-state index contributed by atoms with van der Waals surface area (Å²) in [4.78, 5) is 27.6. The van der Waals surface area contributed by atoms with Gasteiger partial charge in [-0.1, -0.05) is 36.4 Å². The van der Waals surface area contributed by atoms with Crippen molar-refractivity contribution in [2.45, 2.75) is 13.8 Å². The first-order chi connectivity index (χ1) is 16.1. The summed E-state index contributed by atoms with van der Waals surface area (Å²) >= 11 is 0. The van der Waals surface area contributed by atoms with Crippen molar-refractivity contribution in [3.63, 3.8) is 0 Å². The highest BCUT2D eigenvalue weighted by Gasteiger charge is 2.18. The third kappa shape index (κ3) is 4.88. The highest BCUT2D eigenvalue weighted by molar-refractivity contribution is 6.11. The molecule has 4 rings (SSSR count). The van der Waals surface area contributed by atoms with E-state index in [4.69, 9.17) is 4.74 Å². The normalized spacial score (nSPS) is 10.6. The monoisotopic (exact) mass is 438 g/mol. The molecule has 4 aromatic carbocycles. The molecule has 0 aliphatic carbocycles. The minimum atomic E-state index is -0.219. The van der Waals surface area contributed by atoms with Crippen LogP contribution >= 0.6 is 0 Å². The van der Waals surface area contributed by atoms with Gasteiger partial charge < -0.3 is 15.0 Å². The van der Waals surface area contributed by atoms with E-state index in [-0.39, 0.29) is 11.8 Å². The molecule has 2 amide bonds. The number of rotatable bonds is 7.